The molecule has 3 aromatic rings. The van der Waals surface area contributed by atoms with Gasteiger partial charge in [0.1, 0.15) is 5.76 Å². The molecule has 5 rings (SSSR count). The fourth-order valence-corrected chi connectivity index (χ4v) is 4.34. The number of aryl methyl sites for hydroxylation is 2. The van der Waals surface area contributed by atoms with E-state index in [0.717, 1.165) is 41.0 Å². The van der Waals surface area contributed by atoms with Crippen LogP contribution >= 0.6 is 0 Å². The first kappa shape index (κ1) is 20.3. The summed E-state index contributed by atoms with van der Waals surface area (Å²) < 4.78 is 7.04. The van der Waals surface area contributed by atoms with Gasteiger partial charge in [-0.3, -0.25) is 14.4 Å². The molecule has 1 saturated carbocycles. The van der Waals surface area contributed by atoms with E-state index >= 15 is 0 Å². The second-order valence-electron chi connectivity index (χ2n) is 8.66. The molecule has 0 radical (unpaired) electrons. The molecule has 3 heterocycles. The van der Waals surface area contributed by atoms with Crippen LogP contribution in [0, 0.1) is 19.8 Å². The molecule has 9 heteroatoms. The number of amides is 2. The first-order chi connectivity index (χ1) is 15.3. The maximum atomic E-state index is 12.9. The zero-order chi connectivity index (χ0) is 22.6. The normalized spacial score (nSPS) is 18.0. The molecule has 0 bridgehead atoms. The Morgan fingerprint density at radius 3 is 2.62 bits per heavy atom. The number of carboxylic acid groups (broad SMARTS) is 1. The molecule has 1 fully saturated rings. The van der Waals surface area contributed by atoms with Gasteiger partial charge in [0.25, 0.3) is 0 Å². The van der Waals surface area contributed by atoms with Crippen LogP contribution in [0.3, 0.4) is 0 Å². The third-order valence-corrected chi connectivity index (χ3v) is 6.28. The lowest BCUT2D eigenvalue weighted by atomic mass is 10.0. The van der Waals surface area contributed by atoms with E-state index in [4.69, 9.17) is 4.52 Å². The Morgan fingerprint density at radius 2 is 1.97 bits per heavy atom. The van der Waals surface area contributed by atoms with E-state index in [2.05, 4.69) is 10.3 Å². The van der Waals surface area contributed by atoms with Gasteiger partial charge in [0.15, 0.2) is 0 Å². The van der Waals surface area contributed by atoms with Crippen LogP contribution in [0.25, 0.3) is 11.1 Å². The first-order valence-corrected chi connectivity index (χ1v) is 10.8. The summed E-state index contributed by atoms with van der Waals surface area (Å²) in [6, 6.07) is 5.39. The summed E-state index contributed by atoms with van der Waals surface area (Å²) in [4.78, 5) is 28.0. The third-order valence-electron chi connectivity index (χ3n) is 6.28. The molecule has 32 heavy (non-hydrogen) atoms. The van der Waals surface area contributed by atoms with Crippen molar-refractivity contribution in [2.45, 2.75) is 46.2 Å². The Hall–Kier alpha value is -3.62. The van der Waals surface area contributed by atoms with Crippen LogP contribution in [0.5, 0.6) is 0 Å². The molecule has 166 valence electrons. The van der Waals surface area contributed by atoms with E-state index in [1.807, 2.05) is 45.2 Å². The number of aromatic nitrogens is 3. The average Bonchev–Trinajstić information content (AvgIpc) is 3.44. The summed E-state index contributed by atoms with van der Waals surface area (Å²) in [5.41, 5.74) is 4.71. The van der Waals surface area contributed by atoms with Gasteiger partial charge in [0.05, 0.1) is 35.9 Å². The number of hydrogen-bond donors (Lipinski definition) is 1. The summed E-state index contributed by atoms with van der Waals surface area (Å²) in [6.07, 6.45) is 4.45. The van der Waals surface area contributed by atoms with Crippen LogP contribution in [0.4, 0.5) is 16.2 Å². The topological polar surface area (TPSA) is 105 Å². The second kappa shape index (κ2) is 7.51. The van der Waals surface area contributed by atoms with Gasteiger partial charge < -0.3 is 14.5 Å². The van der Waals surface area contributed by atoms with Crippen molar-refractivity contribution >= 4 is 23.4 Å². The summed E-state index contributed by atoms with van der Waals surface area (Å²) in [7, 11) is 0. The molecule has 9 nitrogen and oxygen atoms in total. The number of anilines is 2. The molecular formula is C23H25N5O4. The number of nitrogens with zero attached hydrogens (tertiary/aromatic N) is 5. The molecule has 1 N–H and O–H groups in total. The maximum Gasteiger partial charge on any atom is 0.411 e. The Bertz CT molecular complexity index is 1190. The van der Waals surface area contributed by atoms with Gasteiger partial charge in [-0.25, -0.2) is 4.79 Å². The highest BCUT2D eigenvalue weighted by atomic mass is 16.5. The SMILES string of the molecule is Cc1noc(C)c1Cn1cc(-c2ccc3c(c2)N(C(=O)O)C[C@H](C)N3C(=O)C2CC2)cn1. The molecule has 1 atom stereocenters. The van der Waals surface area contributed by atoms with Crippen molar-refractivity contribution in [3.05, 3.63) is 47.6 Å². The Labute approximate surface area is 185 Å². The molecule has 2 aromatic heterocycles. The molecule has 1 aromatic carbocycles. The quantitative estimate of drug-likeness (QED) is 0.668. The Balaban J connectivity index is 1.49. The van der Waals surface area contributed by atoms with Crippen LogP contribution < -0.4 is 9.80 Å². The number of fused-ring (bicyclic) bond motifs is 1. The van der Waals surface area contributed by atoms with Crippen molar-refractivity contribution in [2.24, 2.45) is 5.92 Å². The fraction of sp³-hybridized carbons (Fsp3) is 0.391. The third kappa shape index (κ3) is 3.43. The molecule has 2 amide bonds. The monoisotopic (exact) mass is 435 g/mol. The number of hydrogen-bond acceptors (Lipinski definition) is 5. The molecule has 0 unspecified atom stereocenters. The molecule has 1 aliphatic heterocycles. The molecular weight excluding hydrogens is 410 g/mol. The highest BCUT2D eigenvalue weighted by molar-refractivity contribution is 6.04. The minimum Gasteiger partial charge on any atom is -0.465 e. The van der Waals surface area contributed by atoms with Crippen LogP contribution in [0.1, 0.15) is 36.8 Å². The first-order valence-electron chi connectivity index (χ1n) is 10.8. The summed E-state index contributed by atoms with van der Waals surface area (Å²) in [5, 5.41) is 18.2. The van der Waals surface area contributed by atoms with E-state index in [-0.39, 0.29) is 24.4 Å². The average molecular weight is 435 g/mol. The van der Waals surface area contributed by atoms with Gasteiger partial charge in [0, 0.05) is 29.8 Å². The van der Waals surface area contributed by atoms with Gasteiger partial charge in [-0.2, -0.15) is 5.10 Å². The lowest BCUT2D eigenvalue weighted by molar-refractivity contribution is -0.120. The molecule has 0 spiro atoms. The lowest BCUT2D eigenvalue weighted by Crippen LogP contribution is -2.52. The van der Waals surface area contributed by atoms with E-state index in [0.29, 0.717) is 17.9 Å². The second-order valence-corrected chi connectivity index (χ2v) is 8.66. The van der Waals surface area contributed by atoms with Crippen molar-refractivity contribution in [3.63, 3.8) is 0 Å². The molecule has 2 aliphatic rings. The van der Waals surface area contributed by atoms with Gasteiger partial charge in [-0.05, 0) is 51.3 Å². The smallest absolute Gasteiger partial charge is 0.411 e. The largest absolute Gasteiger partial charge is 0.465 e. The zero-order valence-electron chi connectivity index (χ0n) is 18.3. The Kier molecular flexibility index (Phi) is 4.76. The standard InChI is InChI=1S/C23H25N5O4/c1-13-10-27(23(30)31)21-8-17(6-7-20(21)28(13)22(29)16-4-5-16)18-9-24-26(11-18)12-19-14(2)25-32-15(19)3/h6-9,11,13,16H,4-5,10,12H2,1-3H3,(H,30,31)/t13-/m0/s1. The zero-order valence-corrected chi connectivity index (χ0v) is 18.3. The summed E-state index contributed by atoms with van der Waals surface area (Å²) >= 11 is 0. The highest BCUT2D eigenvalue weighted by Crippen LogP contribution is 2.42. The van der Waals surface area contributed by atoms with E-state index in [1.54, 1.807) is 15.8 Å². The van der Waals surface area contributed by atoms with E-state index in [9.17, 15) is 14.7 Å². The highest BCUT2D eigenvalue weighted by Gasteiger charge is 2.41. The fourth-order valence-electron chi connectivity index (χ4n) is 4.34. The van der Waals surface area contributed by atoms with Gasteiger partial charge in [-0.1, -0.05) is 11.2 Å². The molecule has 1 aliphatic carbocycles. The number of carbonyl (C=O) groups excluding carboxylic acids is 1. The number of rotatable bonds is 4. The van der Waals surface area contributed by atoms with Crippen molar-refractivity contribution in [1.82, 2.24) is 14.9 Å². The minimum absolute atomic E-state index is 0.0592. The van der Waals surface area contributed by atoms with Crippen LogP contribution in [0.15, 0.2) is 35.1 Å². The van der Waals surface area contributed by atoms with Crippen molar-refractivity contribution in [3.8, 4) is 11.1 Å². The van der Waals surface area contributed by atoms with Gasteiger partial charge in [-0.15, -0.1) is 0 Å². The van der Waals surface area contributed by atoms with Gasteiger partial charge >= 0.3 is 6.09 Å². The van der Waals surface area contributed by atoms with E-state index in [1.165, 1.54) is 4.90 Å². The maximum absolute atomic E-state index is 12.9. The minimum atomic E-state index is -1.03. The summed E-state index contributed by atoms with van der Waals surface area (Å²) in [5.74, 6) is 0.910. The molecule has 0 saturated heterocycles. The Morgan fingerprint density at radius 1 is 1.19 bits per heavy atom. The van der Waals surface area contributed by atoms with Crippen LogP contribution in [-0.2, 0) is 11.3 Å². The number of benzene rings is 1. The van der Waals surface area contributed by atoms with Crippen molar-refractivity contribution in [2.75, 3.05) is 16.3 Å². The van der Waals surface area contributed by atoms with Crippen LogP contribution in [-0.4, -0.2) is 44.6 Å². The van der Waals surface area contributed by atoms with Gasteiger partial charge in [0.2, 0.25) is 5.91 Å². The predicted octanol–water partition coefficient (Wildman–Crippen LogP) is 3.83. The predicted molar refractivity (Wildman–Crippen MR) is 118 cm³/mol. The van der Waals surface area contributed by atoms with Crippen molar-refractivity contribution in [1.29, 1.82) is 0 Å². The van der Waals surface area contributed by atoms with Crippen molar-refractivity contribution < 1.29 is 19.2 Å². The summed E-state index contributed by atoms with van der Waals surface area (Å²) in [6.45, 7) is 6.45. The van der Waals surface area contributed by atoms with Crippen LogP contribution in [0.2, 0.25) is 0 Å². The number of carbonyl (C=O) groups is 2. The van der Waals surface area contributed by atoms with E-state index < -0.39 is 6.09 Å². The lowest BCUT2D eigenvalue weighted by Gasteiger charge is -2.40.